The highest BCUT2D eigenvalue weighted by Crippen LogP contribution is 2.31. The number of alkyl halides is 3. The van der Waals surface area contributed by atoms with Crippen LogP contribution in [0, 0.1) is 0 Å². The van der Waals surface area contributed by atoms with Gasteiger partial charge in [0.2, 0.25) is 0 Å². The fourth-order valence-electron chi connectivity index (χ4n) is 3.32. The zero-order chi connectivity index (χ0) is 22.3. The van der Waals surface area contributed by atoms with Crippen molar-refractivity contribution < 1.29 is 18.0 Å². The molecule has 2 aromatic carbocycles. The first-order valence-electron chi connectivity index (χ1n) is 9.39. The van der Waals surface area contributed by atoms with Crippen molar-refractivity contribution in [3.8, 4) is 16.8 Å². The Labute approximate surface area is 178 Å². The van der Waals surface area contributed by atoms with Gasteiger partial charge in [0.05, 0.1) is 29.3 Å². The Kier molecular flexibility index (Phi) is 4.51. The van der Waals surface area contributed by atoms with Crippen LogP contribution in [0.2, 0.25) is 0 Å². The summed E-state index contributed by atoms with van der Waals surface area (Å²) >= 11 is 0. The van der Waals surface area contributed by atoms with Gasteiger partial charge in [0.15, 0.2) is 5.69 Å². The fourth-order valence-corrected chi connectivity index (χ4v) is 3.32. The third kappa shape index (κ3) is 3.60. The maximum Gasteiger partial charge on any atom is 0.416 e. The predicted octanol–water partition coefficient (Wildman–Crippen LogP) is 4.41. The molecule has 11 heteroatoms. The average Bonchev–Trinajstić information content (AvgIpc) is 3.54. The standard InChI is InChI=1S/C21H14F3N7O/c22-21(23,24)14-2-4-15(5-3-14)31-11-13(8-27-31)12-1-6-17-16(7-12)18(9-25-17)28-20(32)19-10-26-30-29-19/h1-11,25H,(H,28,32)(H,26,29,30). The van der Waals surface area contributed by atoms with Crippen molar-refractivity contribution in [2.24, 2.45) is 0 Å². The molecule has 0 aliphatic heterocycles. The Balaban J connectivity index is 1.43. The molecule has 32 heavy (non-hydrogen) atoms. The normalized spacial score (nSPS) is 11.7. The van der Waals surface area contributed by atoms with E-state index in [0.29, 0.717) is 11.4 Å². The third-order valence-corrected chi connectivity index (χ3v) is 4.95. The van der Waals surface area contributed by atoms with Crippen LogP contribution in [0.15, 0.2) is 67.3 Å². The third-order valence-electron chi connectivity index (χ3n) is 4.95. The minimum absolute atomic E-state index is 0.160. The van der Waals surface area contributed by atoms with Gasteiger partial charge in [0.1, 0.15) is 0 Å². The predicted molar refractivity (Wildman–Crippen MR) is 110 cm³/mol. The lowest BCUT2D eigenvalue weighted by molar-refractivity contribution is -0.137. The molecule has 0 aliphatic rings. The smallest absolute Gasteiger partial charge is 0.359 e. The van der Waals surface area contributed by atoms with Crippen LogP contribution >= 0.6 is 0 Å². The lowest BCUT2D eigenvalue weighted by Crippen LogP contribution is -2.12. The molecule has 3 heterocycles. The van der Waals surface area contributed by atoms with E-state index in [4.69, 9.17) is 0 Å². The quantitative estimate of drug-likeness (QED) is 0.387. The fraction of sp³-hybridized carbons (Fsp3) is 0.0476. The van der Waals surface area contributed by atoms with E-state index in [-0.39, 0.29) is 5.69 Å². The number of anilines is 1. The van der Waals surface area contributed by atoms with Gasteiger partial charge in [0, 0.05) is 28.9 Å². The van der Waals surface area contributed by atoms with Crippen molar-refractivity contribution in [1.82, 2.24) is 30.2 Å². The number of aromatic nitrogens is 6. The molecule has 0 radical (unpaired) electrons. The molecular weight excluding hydrogens is 423 g/mol. The highest BCUT2D eigenvalue weighted by Gasteiger charge is 2.30. The molecule has 0 aliphatic carbocycles. The molecule has 160 valence electrons. The maximum atomic E-state index is 12.8. The van der Waals surface area contributed by atoms with E-state index in [1.165, 1.54) is 23.0 Å². The van der Waals surface area contributed by atoms with Crippen LogP contribution in [0.5, 0.6) is 0 Å². The first-order valence-corrected chi connectivity index (χ1v) is 9.39. The average molecular weight is 437 g/mol. The summed E-state index contributed by atoms with van der Waals surface area (Å²) < 4.78 is 39.8. The number of hydrogen-bond donors (Lipinski definition) is 3. The lowest BCUT2D eigenvalue weighted by atomic mass is 10.1. The first-order chi connectivity index (χ1) is 15.4. The Morgan fingerprint density at radius 1 is 1.03 bits per heavy atom. The summed E-state index contributed by atoms with van der Waals surface area (Å²) in [5.74, 6) is -0.403. The monoisotopic (exact) mass is 437 g/mol. The molecular formula is C21H14F3N7O. The number of aromatic amines is 2. The summed E-state index contributed by atoms with van der Waals surface area (Å²) in [6.07, 6.45) is 1.97. The number of nitrogens with zero attached hydrogens (tertiary/aromatic N) is 4. The molecule has 0 saturated heterocycles. The number of benzene rings is 2. The van der Waals surface area contributed by atoms with E-state index >= 15 is 0 Å². The van der Waals surface area contributed by atoms with Gasteiger partial charge in [-0.15, -0.1) is 0 Å². The molecule has 3 aromatic heterocycles. The molecule has 0 bridgehead atoms. The number of nitrogens with one attached hydrogen (secondary N) is 3. The molecule has 0 fully saturated rings. The summed E-state index contributed by atoms with van der Waals surface area (Å²) in [5, 5.41) is 17.6. The van der Waals surface area contributed by atoms with Gasteiger partial charge < -0.3 is 10.3 Å². The summed E-state index contributed by atoms with van der Waals surface area (Å²) in [4.78, 5) is 15.4. The van der Waals surface area contributed by atoms with Crippen LogP contribution < -0.4 is 5.32 Å². The Hall–Kier alpha value is -4.41. The molecule has 5 aromatic rings. The van der Waals surface area contributed by atoms with Gasteiger partial charge in [-0.2, -0.15) is 33.7 Å². The van der Waals surface area contributed by atoms with E-state index in [0.717, 1.165) is 34.2 Å². The number of halogens is 3. The zero-order valence-electron chi connectivity index (χ0n) is 16.2. The highest BCUT2D eigenvalue weighted by molar-refractivity contribution is 6.08. The Morgan fingerprint density at radius 2 is 1.84 bits per heavy atom. The lowest BCUT2D eigenvalue weighted by Gasteiger charge is -2.07. The van der Waals surface area contributed by atoms with Gasteiger partial charge in [-0.1, -0.05) is 6.07 Å². The Morgan fingerprint density at radius 3 is 2.56 bits per heavy atom. The summed E-state index contributed by atoms with van der Waals surface area (Å²) in [6, 6.07) is 10.4. The number of rotatable bonds is 4. The SMILES string of the molecule is O=C(Nc1c[nH]c2ccc(-c3cnn(-c4ccc(C(F)(F)F)cc4)c3)cc12)c1cn[nH]n1. The number of carbonyl (C=O) groups excluding carboxylic acids is 1. The van der Waals surface area contributed by atoms with E-state index in [9.17, 15) is 18.0 Å². The Bertz CT molecular complexity index is 1400. The van der Waals surface area contributed by atoms with Crippen LogP contribution in [-0.2, 0) is 6.18 Å². The summed E-state index contributed by atoms with van der Waals surface area (Å²) in [6.45, 7) is 0. The van der Waals surface area contributed by atoms with Crippen molar-refractivity contribution in [2.45, 2.75) is 6.18 Å². The van der Waals surface area contributed by atoms with Gasteiger partial charge in [-0.25, -0.2) is 4.68 Å². The molecule has 8 nitrogen and oxygen atoms in total. The number of carbonyl (C=O) groups is 1. The van der Waals surface area contributed by atoms with Crippen LogP contribution in [0.25, 0.3) is 27.7 Å². The summed E-state index contributed by atoms with van der Waals surface area (Å²) in [5.41, 5.74) is 2.94. The van der Waals surface area contributed by atoms with Crippen molar-refractivity contribution in [2.75, 3.05) is 5.32 Å². The maximum absolute atomic E-state index is 12.8. The second-order valence-electron chi connectivity index (χ2n) is 6.99. The molecule has 5 rings (SSSR count). The van der Waals surface area contributed by atoms with Crippen LogP contribution in [-0.4, -0.2) is 36.1 Å². The van der Waals surface area contributed by atoms with E-state index < -0.39 is 17.6 Å². The molecule has 3 N–H and O–H groups in total. The second-order valence-corrected chi connectivity index (χ2v) is 6.99. The molecule has 0 atom stereocenters. The highest BCUT2D eigenvalue weighted by atomic mass is 19.4. The number of H-pyrrole nitrogens is 2. The largest absolute Gasteiger partial charge is 0.416 e. The second kappa shape index (κ2) is 7.38. The van der Waals surface area contributed by atoms with Crippen LogP contribution in [0.4, 0.5) is 18.9 Å². The van der Waals surface area contributed by atoms with Gasteiger partial charge in [-0.3, -0.25) is 4.79 Å². The first kappa shape index (κ1) is 19.5. The van der Waals surface area contributed by atoms with Gasteiger partial charge in [0.25, 0.3) is 5.91 Å². The van der Waals surface area contributed by atoms with Crippen LogP contribution in [0.1, 0.15) is 16.1 Å². The number of hydrogen-bond acceptors (Lipinski definition) is 4. The molecule has 0 saturated carbocycles. The van der Waals surface area contributed by atoms with Crippen molar-refractivity contribution in [1.29, 1.82) is 0 Å². The van der Waals surface area contributed by atoms with Crippen molar-refractivity contribution in [3.05, 3.63) is 78.5 Å². The van der Waals surface area contributed by atoms with E-state index in [1.54, 1.807) is 18.6 Å². The van der Waals surface area contributed by atoms with E-state index in [2.05, 4.69) is 30.8 Å². The van der Waals surface area contributed by atoms with Crippen molar-refractivity contribution in [3.63, 3.8) is 0 Å². The molecule has 0 spiro atoms. The van der Waals surface area contributed by atoms with Crippen molar-refractivity contribution >= 4 is 22.5 Å². The molecule has 1 amide bonds. The minimum atomic E-state index is -4.39. The molecule has 0 unspecified atom stereocenters. The topological polar surface area (TPSA) is 104 Å². The number of amides is 1. The minimum Gasteiger partial charge on any atom is -0.359 e. The van der Waals surface area contributed by atoms with Gasteiger partial charge >= 0.3 is 6.18 Å². The van der Waals surface area contributed by atoms with Gasteiger partial charge in [-0.05, 0) is 42.0 Å². The van der Waals surface area contributed by atoms with E-state index in [1.807, 2.05) is 18.2 Å². The van der Waals surface area contributed by atoms with Crippen LogP contribution in [0.3, 0.4) is 0 Å². The number of fused-ring (bicyclic) bond motifs is 1. The zero-order valence-corrected chi connectivity index (χ0v) is 16.2. The summed E-state index contributed by atoms with van der Waals surface area (Å²) in [7, 11) is 0.